The van der Waals surface area contributed by atoms with Crippen molar-refractivity contribution < 1.29 is 4.74 Å². The molecule has 1 aliphatic carbocycles. The van der Waals surface area contributed by atoms with E-state index >= 15 is 0 Å². The lowest BCUT2D eigenvalue weighted by Gasteiger charge is -2.35. The van der Waals surface area contributed by atoms with Crippen molar-refractivity contribution in [2.45, 2.75) is 51.7 Å². The van der Waals surface area contributed by atoms with E-state index in [0.29, 0.717) is 12.1 Å². The van der Waals surface area contributed by atoms with Crippen LogP contribution in [-0.2, 0) is 6.42 Å². The summed E-state index contributed by atoms with van der Waals surface area (Å²) in [7, 11) is 2.02. The van der Waals surface area contributed by atoms with Crippen LogP contribution in [-0.4, -0.2) is 19.2 Å². The zero-order valence-electron chi connectivity index (χ0n) is 11.8. The highest BCUT2D eigenvalue weighted by atomic mass is 16.5. The molecule has 2 heteroatoms. The van der Waals surface area contributed by atoms with Crippen molar-refractivity contribution in [3.63, 3.8) is 0 Å². The summed E-state index contributed by atoms with van der Waals surface area (Å²) >= 11 is 0. The van der Waals surface area contributed by atoms with Gasteiger partial charge in [0.1, 0.15) is 11.9 Å². The van der Waals surface area contributed by atoms with Gasteiger partial charge in [0.05, 0.1) is 0 Å². The van der Waals surface area contributed by atoms with E-state index in [1.807, 2.05) is 7.05 Å². The molecule has 0 heterocycles. The highest BCUT2D eigenvalue weighted by Gasteiger charge is 2.29. The molecule has 0 unspecified atom stereocenters. The lowest BCUT2D eigenvalue weighted by Crippen LogP contribution is -2.45. The first kappa shape index (κ1) is 13.4. The van der Waals surface area contributed by atoms with Crippen LogP contribution in [0.2, 0.25) is 0 Å². The van der Waals surface area contributed by atoms with Crippen LogP contribution in [0.3, 0.4) is 0 Å². The van der Waals surface area contributed by atoms with Crippen molar-refractivity contribution in [1.29, 1.82) is 0 Å². The van der Waals surface area contributed by atoms with Gasteiger partial charge in [0.15, 0.2) is 0 Å². The van der Waals surface area contributed by atoms with Crippen molar-refractivity contribution in [2.75, 3.05) is 7.05 Å². The van der Waals surface area contributed by atoms with E-state index in [1.54, 1.807) is 0 Å². The predicted molar refractivity (Wildman–Crippen MR) is 76.1 cm³/mol. The minimum absolute atomic E-state index is 0.405. The third-order valence-corrected chi connectivity index (χ3v) is 3.71. The monoisotopic (exact) mass is 247 g/mol. The highest BCUT2D eigenvalue weighted by molar-refractivity contribution is 5.29. The summed E-state index contributed by atoms with van der Waals surface area (Å²) in [5, 5.41) is 3.28. The summed E-state index contributed by atoms with van der Waals surface area (Å²) in [5.41, 5.74) is 1.39. The van der Waals surface area contributed by atoms with Crippen LogP contribution < -0.4 is 10.1 Å². The van der Waals surface area contributed by atoms with E-state index in [2.05, 4.69) is 43.4 Å². The quantitative estimate of drug-likeness (QED) is 0.832. The minimum atomic E-state index is 0.405. The van der Waals surface area contributed by atoms with Gasteiger partial charge in [-0.2, -0.15) is 0 Å². The van der Waals surface area contributed by atoms with Crippen LogP contribution in [0.5, 0.6) is 5.75 Å². The van der Waals surface area contributed by atoms with Gasteiger partial charge in [-0.1, -0.05) is 26.0 Å². The molecule has 1 saturated carbocycles. The third kappa shape index (κ3) is 3.74. The summed E-state index contributed by atoms with van der Waals surface area (Å²) in [6.07, 6.45) is 5.06. The van der Waals surface area contributed by atoms with Gasteiger partial charge in [-0.05, 0) is 56.3 Å². The van der Waals surface area contributed by atoms with E-state index < -0.39 is 0 Å². The van der Waals surface area contributed by atoms with E-state index in [9.17, 15) is 0 Å². The van der Waals surface area contributed by atoms with Gasteiger partial charge in [-0.3, -0.25) is 0 Å². The standard InChI is InChI=1S/C16H25NO/c1-12(2)7-8-13-5-4-6-15(9-13)18-16-10-14(11-16)17-3/h4-6,9,12,14,16-17H,7-8,10-11H2,1-3H3. The van der Waals surface area contributed by atoms with Crippen molar-refractivity contribution in [2.24, 2.45) is 5.92 Å². The molecule has 1 aliphatic rings. The molecular formula is C16H25NO. The van der Waals surface area contributed by atoms with E-state index in [0.717, 1.165) is 30.9 Å². The third-order valence-electron chi connectivity index (χ3n) is 3.71. The van der Waals surface area contributed by atoms with Crippen LogP contribution in [0.25, 0.3) is 0 Å². The Labute approximate surface area is 111 Å². The average Bonchev–Trinajstić information content (AvgIpc) is 2.31. The van der Waals surface area contributed by atoms with Crippen LogP contribution >= 0.6 is 0 Å². The smallest absolute Gasteiger partial charge is 0.119 e. The van der Waals surface area contributed by atoms with E-state index in [-0.39, 0.29) is 0 Å². The van der Waals surface area contributed by atoms with Crippen molar-refractivity contribution in [3.05, 3.63) is 29.8 Å². The molecule has 2 nitrogen and oxygen atoms in total. The normalized spacial score (nSPS) is 22.9. The number of nitrogens with one attached hydrogen (secondary N) is 1. The molecule has 1 N–H and O–H groups in total. The Morgan fingerprint density at radius 3 is 2.78 bits per heavy atom. The molecule has 2 rings (SSSR count). The molecule has 100 valence electrons. The molecule has 1 aromatic carbocycles. The molecule has 1 aromatic rings. The second-order valence-electron chi connectivity index (χ2n) is 5.78. The summed E-state index contributed by atoms with van der Waals surface area (Å²) in [6, 6.07) is 9.24. The maximum atomic E-state index is 5.99. The maximum absolute atomic E-state index is 5.99. The first-order chi connectivity index (χ1) is 8.67. The Hall–Kier alpha value is -1.02. The Balaban J connectivity index is 1.84. The molecule has 0 atom stereocenters. The summed E-state index contributed by atoms with van der Waals surface area (Å²) in [5.74, 6) is 1.80. The molecular weight excluding hydrogens is 222 g/mol. The topological polar surface area (TPSA) is 21.3 Å². The predicted octanol–water partition coefficient (Wildman–Crippen LogP) is 3.40. The van der Waals surface area contributed by atoms with Gasteiger partial charge in [-0.15, -0.1) is 0 Å². The van der Waals surface area contributed by atoms with Crippen LogP contribution in [0.15, 0.2) is 24.3 Å². The summed E-state index contributed by atoms with van der Waals surface area (Å²) in [4.78, 5) is 0. The van der Waals surface area contributed by atoms with Crippen LogP contribution in [0.1, 0.15) is 38.7 Å². The molecule has 0 saturated heterocycles. The molecule has 1 fully saturated rings. The number of rotatable bonds is 6. The van der Waals surface area contributed by atoms with E-state index in [1.165, 1.54) is 12.0 Å². The molecule has 0 amide bonds. The minimum Gasteiger partial charge on any atom is -0.490 e. The SMILES string of the molecule is CNC1CC(Oc2cccc(CCC(C)C)c2)C1. The van der Waals surface area contributed by atoms with Gasteiger partial charge in [-0.25, -0.2) is 0 Å². The van der Waals surface area contributed by atoms with Crippen molar-refractivity contribution in [3.8, 4) is 5.75 Å². The van der Waals surface area contributed by atoms with Crippen LogP contribution in [0.4, 0.5) is 0 Å². The summed E-state index contributed by atoms with van der Waals surface area (Å²) in [6.45, 7) is 4.54. The fourth-order valence-corrected chi connectivity index (χ4v) is 2.32. The largest absolute Gasteiger partial charge is 0.490 e. The average molecular weight is 247 g/mol. The van der Waals surface area contributed by atoms with Gasteiger partial charge in [0, 0.05) is 6.04 Å². The number of hydrogen-bond acceptors (Lipinski definition) is 2. The Morgan fingerprint density at radius 2 is 2.11 bits per heavy atom. The molecule has 0 spiro atoms. The van der Waals surface area contributed by atoms with Gasteiger partial charge in [0.25, 0.3) is 0 Å². The molecule has 0 aliphatic heterocycles. The Kier molecular flexibility index (Phi) is 4.65. The van der Waals surface area contributed by atoms with Gasteiger partial charge in [0.2, 0.25) is 0 Å². The van der Waals surface area contributed by atoms with Crippen LogP contribution in [0, 0.1) is 5.92 Å². The van der Waals surface area contributed by atoms with Gasteiger partial charge >= 0.3 is 0 Å². The van der Waals surface area contributed by atoms with Crippen molar-refractivity contribution in [1.82, 2.24) is 5.32 Å². The Morgan fingerprint density at radius 1 is 1.33 bits per heavy atom. The lowest BCUT2D eigenvalue weighted by atomic mass is 9.89. The van der Waals surface area contributed by atoms with Crippen molar-refractivity contribution >= 4 is 0 Å². The first-order valence-corrected chi connectivity index (χ1v) is 7.10. The molecule has 0 aromatic heterocycles. The number of hydrogen-bond donors (Lipinski definition) is 1. The maximum Gasteiger partial charge on any atom is 0.119 e. The fourth-order valence-electron chi connectivity index (χ4n) is 2.32. The van der Waals surface area contributed by atoms with Gasteiger partial charge < -0.3 is 10.1 Å². The van der Waals surface area contributed by atoms with E-state index in [4.69, 9.17) is 4.74 Å². The Bertz CT molecular complexity index is 369. The second-order valence-corrected chi connectivity index (χ2v) is 5.78. The zero-order chi connectivity index (χ0) is 13.0. The second kappa shape index (κ2) is 6.24. The molecule has 0 radical (unpaired) electrons. The number of aryl methyl sites for hydroxylation is 1. The lowest BCUT2D eigenvalue weighted by molar-refractivity contribution is 0.0884. The first-order valence-electron chi connectivity index (χ1n) is 7.10. The molecule has 18 heavy (non-hydrogen) atoms. The fraction of sp³-hybridized carbons (Fsp3) is 0.625. The highest BCUT2D eigenvalue weighted by Crippen LogP contribution is 2.26. The summed E-state index contributed by atoms with van der Waals surface area (Å²) < 4.78 is 5.99. The number of ether oxygens (including phenoxy) is 1. The number of benzene rings is 1. The zero-order valence-corrected chi connectivity index (χ0v) is 11.8. The molecule has 0 bridgehead atoms.